The van der Waals surface area contributed by atoms with Crippen LogP contribution in [0.2, 0.25) is 0 Å². The maximum Gasteiger partial charge on any atom is 0.224 e. The number of carbonyl (C=O) groups is 1. The lowest BCUT2D eigenvalue weighted by molar-refractivity contribution is -0.120. The van der Waals surface area contributed by atoms with Gasteiger partial charge in [-0.15, -0.1) is 0 Å². The number of hydrogen-bond donors (Lipinski definition) is 1. The van der Waals surface area contributed by atoms with Crippen LogP contribution >= 0.6 is 0 Å². The van der Waals surface area contributed by atoms with Gasteiger partial charge in [0.15, 0.2) is 0 Å². The summed E-state index contributed by atoms with van der Waals surface area (Å²) in [7, 11) is 4.05. The first-order valence-electron chi connectivity index (χ1n) is 10.4. The second kappa shape index (κ2) is 10.6. The summed E-state index contributed by atoms with van der Waals surface area (Å²) < 4.78 is 5.52. The fourth-order valence-corrected chi connectivity index (χ4v) is 3.46. The van der Waals surface area contributed by atoms with E-state index in [1.54, 1.807) is 0 Å². The van der Waals surface area contributed by atoms with Gasteiger partial charge in [0, 0.05) is 6.54 Å². The minimum Gasteiger partial charge on any atom is -0.494 e. The van der Waals surface area contributed by atoms with Crippen LogP contribution in [0.4, 0.5) is 0 Å². The van der Waals surface area contributed by atoms with Gasteiger partial charge in [0.05, 0.1) is 19.1 Å². The Balaban J connectivity index is 1.56. The molecule has 1 N–H and O–H groups in total. The van der Waals surface area contributed by atoms with Crippen LogP contribution in [0.3, 0.4) is 0 Å². The van der Waals surface area contributed by atoms with Crippen LogP contribution in [0.15, 0.2) is 78.9 Å². The number of amides is 1. The first kappa shape index (κ1) is 21.6. The smallest absolute Gasteiger partial charge is 0.224 e. The lowest BCUT2D eigenvalue weighted by atomic mass is 10.0. The number of ether oxygens (including phenoxy) is 1. The standard InChI is InChI=1S/C26H30N2O2/c1-4-30-24-16-14-23(15-17-24)25(28(2)3)19-27-26(29)18-20-10-12-22(13-11-20)21-8-6-5-7-9-21/h5-17,25H,4,18-19H2,1-3H3,(H,27,29)/t25-/m1/s1. The second-order valence-electron chi connectivity index (χ2n) is 7.53. The average molecular weight is 403 g/mol. The zero-order valence-electron chi connectivity index (χ0n) is 18.0. The van der Waals surface area contributed by atoms with Gasteiger partial charge >= 0.3 is 0 Å². The van der Waals surface area contributed by atoms with Crippen LogP contribution in [0.25, 0.3) is 11.1 Å². The van der Waals surface area contributed by atoms with Gasteiger partial charge in [-0.1, -0.05) is 66.7 Å². The lowest BCUT2D eigenvalue weighted by Crippen LogP contribution is -2.35. The van der Waals surface area contributed by atoms with Crippen molar-refractivity contribution in [3.05, 3.63) is 90.0 Å². The van der Waals surface area contributed by atoms with Crippen molar-refractivity contribution in [2.45, 2.75) is 19.4 Å². The van der Waals surface area contributed by atoms with Crippen molar-refractivity contribution in [2.75, 3.05) is 27.2 Å². The van der Waals surface area contributed by atoms with E-state index >= 15 is 0 Å². The van der Waals surface area contributed by atoms with Gasteiger partial charge in [0.1, 0.15) is 5.75 Å². The molecule has 0 aromatic heterocycles. The highest BCUT2D eigenvalue weighted by Gasteiger charge is 2.15. The Morgan fingerprint density at radius 3 is 2.13 bits per heavy atom. The van der Waals surface area contributed by atoms with Crippen molar-refractivity contribution >= 4 is 5.91 Å². The molecule has 0 saturated carbocycles. The summed E-state index contributed by atoms with van der Waals surface area (Å²) in [5.41, 5.74) is 4.49. The van der Waals surface area contributed by atoms with Crippen molar-refractivity contribution in [2.24, 2.45) is 0 Å². The molecule has 0 aliphatic heterocycles. The Bertz CT molecular complexity index is 920. The summed E-state index contributed by atoms with van der Waals surface area (Å²) in [6.07, 6.45) is 0.374. The van der Waals surface area contributed by atoms with Gasteiger partial charge in [-0.3, -0.25) is 4.79 Å². The van der Waals surface area contributed by atoms with E-state index in [0.717, 1.165) is 22.4 Å². The molecule has 3 rings (SSSR count). The molecule has 0 radical (unpaired) electrons. The molecule has 1 amide bonds. The second-order valence-corrected chi connectivity index (χ2v) is 7.53. The molecule has 0 aliphatic rings. The van der Waals surface area contributed by atoms with E-state index in [0.29, 0.717) is 19.6 Å². The van der Waals surface area contributed by atoms with Crippen LogP contribution < -0.4 is 10.1 Å². The SMILES string of the molecule is CCOc1ccc([C@@H](CNC(=O)Cc2ccc(-c3ccccc3)cc2)N(C)C)cc1. The molecule has 0 heterocycles. The third-order valence-electron chi connectivity index (χ3n) is 5.12. The maximum atomic E-state index is 12.5. The third-order valence-corrected chi connectivity index (χ3v) is 5.12. The molecule has 0 fully saturated rings. The number of likely N-dealkylation sites (N-methyl/N-ethyl adjacent to an activating group) is 1. The summed E-state index contributed by atoms with van der Waals surface area (Å²) >= 11 is 0. The van der Waals surface area contributed by atoms with E-state index < -0.39 is 0 Å². The van der Waals surface area contributed by atoms with Gasteiger partial charge in [0.2, 0.25) is 5.91 Å². The van der Waals surface area contributed by atoms with Crippen molar-refractivity contribution in [3.63, 3.8) is 0 Å². The number of hydrogen-bond acceptors (Lipinski definition) is 3. The molecule has 3 aromatic rings. The van der Waals surface area contributed by atoms with E-state index in [2.05, 4.69) is 46.6 Å². The van der Waals surface area contributed by atoms with Crippen LogP contribution in [-0.2, 0) is 11.2 Å². The van der Waals surface area contributed by atoms with Gasteiger partial charge in [-0.25, -0.2) is 0 Å². The molecule has 4 nitrogen and oxygen atoms in total. The molecule has 0 saturated heterocycles. The molecule has 4 heteroatoms. The quantitative estimate of drug-likeness (QED) is 0.563. The zero-order chi connectivity index (χ0) is 21.3. The normalized spacial score (nSPS) is 11.9. The van der Waals surface area contributed by atoms with Crippen molar-refractivity contribution in [1.29, 1.82) is 0 Å². The van der Waals surface area contributed by atoms with Gasteiger partial charge in [-0.05, 0) is 55.4 Å². The molecule has 0 aliphatic carbocycles. The molecular weight excluding hydrogens is 372 g/mol. The predicted molar refractivity (Wildman–Crippen MR) is 123 cm³/mol. The average Bonchev–Trinajstić information content (AvgIpc) is 2.76. The number of nitrogens with one attached hydrogen (secondary N) is 1. The Morgan fingerprint density at radius 1 is 0.900 bits per heavy atom. The molecule has 0 unspecified atom stereocenters. The van der Waals surface area contributed by atoms with Crippen LogP contribution in [0.1, 0.15) is 24.1 Å². The molecule has 0 bridgehead atoms. The van der Waals surface area contributed by atoms with Crippen LogP contribution in [0.5, 0.6) is 5.75 Å². The largest absolute Gasteiger partial charge is 0.494 e. The van der Waals surface area contributed by atoms with Gasteiger partial charge in [-0.2, -0.15) is 0 Å². The fraction of sp³-hybridized carbons (Fsp3) is 0.269. The number of carbonyl (C=O) groups excluding carboxylic acids is 1. The van der Waals surface area contributed by atoms with Gasteiger partial charge < -0.3 is 15.0 Å². The highest BCUT2D eigenvalue weighted by atomic mass is 16.5. The minimum atomic E-state index is 0.0280. The number of nitrogens with zero attached hydrogens (tertiary/aromatic N) is 1. The summed E-state index contributed by atoms with van der Waals surface area (Å²) in [6, 6.07) is 26.6. The minimum absolute atomic E-state index is 0.0280. The first-order chi connectivity index (χ1) is 14.6. The highest BCUT2D eigenvalue weighted by molar-refractivity contribution is 5.79. The molecule has 3 aromatic carbocycles. The van der Waals surface area contributed by atoms with Crippen molar-refractivity contribution in [3.8, 4) is 16.9 Å². The first-order valence-corrected chi connectivity index (χ1v) is 10.4. The Hall–Kier alpha value is -3.11. The van der Waals surface area contributed by atoms with E-state index in [4.69, 9.17) is 4.74 Å². The summed E-state index contributed by atoms with van der Waals surface area (Å²) in [6.45, 7) is 3.18. The van der Waals surface area contributed by atoms with Gasteiger partial charge in [0.25, 0.3) is 0 Å². The molecule has 0 spiro atoms. The molecule has 30 heavy (non-hydrogen) atoms. The predicted octanol–water partition coefficient (Wildman–Crippen LogP) is 4.71. The van der Waals surface area contributed by atoms with Crippen molar-refractivity contribution in [1.82, 2.24) is 10.2 Å². The topological polar surface area (TPSA) is 41.6 Å². The monoisotopic (exact) mass is 402 g/mol. The summed E-state index contributed by atoms with van der Waals surface area (Å²) in [5.74, 6) is 0.891. The Kier molecular flexibility index (Phi) is 7.63. The molecule has 1 atom stereocenters. The van der Waals surface area contributed by atoms with E-state index in [9.17, 15) is 4.79 Å². The molecule has 156 valence electrons. The molecular formula is C26H30N2O2. The lowest BCUT2D eigenvalue weighted by Gasteiger charge is -2.25. The summed E-state index contributed by atoms with van der Waals surface area (Å²) in [4.78, 5) is 14.6. The van der Waals surface area contributed by atoms with Crippen LogP contribution in [-0.4, -0.2) is 38.1 Å². The highest BCUT2D eigenvalue weighted by Crippen LogP contribution is 2.22. The van der Waals surface area contributed by atoms with E-state index in [-0.39, 0.29) is 11.9 Å². The third kappa shape index (κ3) is 5.94. The van der Waals surface area contributed by atoms with E-state index in [1.165, 1.54) is 5.56 Å². The Morgan fingerprint density at radius 2 is 1.53 bits per heavy atom. The Labute approximate surface area is 179 Å². The fourth-order valence-electron chi connectivity index (χ4n) is 3.46. The van der Waals surface area contributed by atoms with Crippen LogP contribution in [0, 0.1) is 0 Å². The van der Waals surface area contributed by atoms with Crippen molar-refractivity contribution < 1.29 is 9.53 Å². The zero-order valence-corrected chi connectivity index (χ0v) is 18.0. The maximum absolute atomic E-state index is 12.5. The number of rotatable bonds is 9. The summed E-state index contributed by atoms with van der Waals surface area (Å²) in [5, 5.41) is 3.09. The number of benzene rings is 3. The van der Waals surface area contributed by atoms with E-state index in [1.807, 2.05) is 63.5 Å².